The van der Waals surface area contributed by atoms with Crippen molar-refractivity contribution >= 4 is 17.2 Å². The van der Waals surface area contributed by atoms with Crippen molar-refractivity contribution in [2.75, 3.05) is 6.61 Å². The lowest BCUT2D eigenvalue weighted by Gasteiger charge is -2.22. The molecule has 0 atom stereocenters. The predicted molar refractivity (Wildman–Crippen MR) is 57.7 cm³/mol. The number of amides is 1. The van der Waals surface area contributed by atoms with Crippen LogP contribution in [0.1, 0.15) is 29.1 Å². The molecule has 0 aliphatic rings. The van der Waals surface area contributed by atoms with Crippen molar-refractivity contribution < 1.29 is 9.90 Å². The summed E-state index contributed by atoms with van der Waals surface area (Å²) in [6, 6.07) is 1.84. The molecule has 0 radical (unpaired) electrons. The van der Waals surface area contributed by atoms with E-state index in [1.54, 1.807) is 25.2 Å². The number of thiophene rings is 1. The molecule has 0 aromatic carbocycles. The maximum Gasteiger partial charge on any atom is 0.252 e. The zero-order chi connectivity index (χ0) is 10.8. The number of hydrogen-bond donors (Lipinski definition) is 2. The average molecular weight is 213 g/mol. The number of rotatable bonds is 3. The topological polar surface area (TPSA) is 49.3 Å². The van der Waals surface area contributed by atoms with E-state index in [0.717, 1.165) is 4.88 Å². The van der Waals surface area contributed by atoms with Gasteiger partial charge in [0.2, 0.25) is 0 Å². The molecule has 1 aromatic rings. The van der Waals surface area contributed by atoms with E-state index in [0.29, 0.717) is 5.56 Å². The summed E-state index contributed by atoms with van der Waals surface area (Å²) < 4.78 is 0. The number of hydrogen-bond acceptors (Lipinski definition) is 3. The van der Waals surface area contributed by atoms with E-state index in [9.17, 15) is 4.79 Å². The molecular formula is C10H15NO2S. The van der Waals surface area contributed by atoms with Crippen molar-refractivity contribution in [2.45, 2.75) is 26.3 Å². The summed E-state index contributed by atoms with van der Waals surface area (Å²) in [7, 11) is 0. The molecular weight excluding hydrogens is 198 g/mol. The molecule has 0 spiro atoms. The molecule has 1 aromatic heterocycles. The summed E-state index contributed by atoms with van der Waals surface area (Å²) in [5.41, 5.74) is 0.0986. The Hall–Kier alpha value is -0.870. The van der Waals surface area contributed by atoms with Crippen LogP contribution in [-0.4, -0.2) is 23.2 Å². The van der Waals surface area contributed by atoms with Crippen molar-refractivity contribution in [1.29, 1.82) is 0 Å². The molecule has 3 nitrogen and oxygen atoms in total. The van der Waals surface area contributed by atoms with Crippen LogP contribution in [0, 0.1) is 6.92 Å². The maximum absolute atomic E-state index is 11.6. The normalized spacial score (nSPS) is 11.4. The third-order valence-corrected chi connectivity index (χ3v) is 2.70. The molecule has 14 heavy (non-hydrogen) atoms. The summed E-state index contributed by atoms with van der Waals surface area (Å²) in [4.78, 5) is 12.7. The Labute approximate surface area is 87.8 Å². The lowest BCUT2D eigenvalue weighted by atomic mass is 10.1. The summed E-state index contributed by atoms with van der Waals surface area (Å²) in [6.07, 6.45) is 0. The van der Waals surface area contributed by atoms with E-state index in [1.807, 2.05) is 18.4 Å². The fourth-order valence-corrected chi connectivity index (χ4v) is 1.66. The molecule has 2 N–H and O–H groups in total. The summed E-state index contributed by atoms with van der Waals surface area (Å²) >= 11 is 1.54. The smallest absolute Gasteiger partial charge is 0.252 e. The molecule has 4 heteroatoms. The zero-order valence-corrected chi connectivity index (χ0v) is 9.44. The Morgan fingerprint density at radius 3 is 2.71 bits per heavy atom. The van der Waals surface area contributed by atoms with Crippen LogP contribution in [0.3, 0.4) is 0 Å². The van der Waals surface area contributed by atoms with Crippen molar-refractivity contribution in [3.63, 3.8) is 0 Å². The minimum atomic E-state index is -0.563. The van der Waals surface area contributed by atoms with Gasteiger partial charge in [0.05, 0.1) is 17.7 Å². The van der Waals surface area contributed by atoms with Crippen molar-refractivity contribution in [1.82, 2.24) is 5.32 Å². The molecule has 1 heterocycles. The number of aliphatic hydroxyl groups is 1. The highest BCUT2D eigenvalue weighted by Crippen LogP contribution is 2.13. The van der Waals surface area contributed by atoms with Gasteiger partial charge in [-0.3, -0.25) is 4.79 Å². The van der Waals surface area contributed by atoms with E-state index < -0.39 is 5.54 Å². The molecule has 0 fully saturated rings. The Kier molecular flexibility index (Phi) is 3.29. The Morgan fingerprint density at radius 2 is 2.29 bits per heavy atom. The molecule has 0 aliphatic carbocycles. The van der Waals surface area contributed by atoms with Gasteiger partial charge in [-0.15, -0.1) is 11.3 Å². The Balaban J connectivity index is 2.68. The highest BCUT2D eigenvalue weighted by atomic mass is 32.1. The zero-order valence-electron chi connectivity index (χ0n) is 8.63. The van der Waals surface area contributed by atoms with Gasteiger partial charge in [-0.1, -0.05) is 0 Å². The molecule has 0 unspecified atom stereocenters. The highest BCUT2D eigenvalue weighted by Gasteiger charge is 2.20. The van der Waals surface area contributed by atoms with Gasteiger partial charge in [0.25, 0.3) is 5.91 Å². The summed E-state index contributed by atoms with van der Waals surface area (Å²) in [5.74, 6) is -0.131. The van der Waals surface area contributed by atoms with Crippen LogP contribution in [0.25, 0.3) is 0 Å². The predicted octanol–water partition coefficient (Wildman–Crippen LogP) is 1.56. The molecule has 0 saturated heterocycles. The van der Waals surface area contributed by atoms with E-state index in [2.05, 4.69) is 5.32 Å². The van der Waals surface area contributed by atoms with Gasteiger partial charge in [-0.05, 0) is 26.8 Å². The molecule has 0 saturated carbocycles. The minimum absolute atomic E-state index is 0.0676. The van der Waals surface area contributed by atoms with E-state index in [1.165, 1.54) is 0 Å². The molecule has 0 aliphatic heterocycles. The largest absolute Gasteiger partial charge is 0.394 e. The first-order valence-corrected chi connectivity index (χ1v) is 5.31. The number of carbonyl (C=O) groups excluding carboxylic acids is 1. The van der Waals surface area contributed by atoms with E-state index >= 15 is 0 Å². The third kappa shape index (κ3) is 2.82. The van der Waals surface area contributed by atoms with Crippen LogP contribution in [0.15, 0.2) is 11.4 Å². The fourth-order valence-electron chi connectivity index (χ4n) is 0.982. The molecule has 0 bridgehead atoms. The van der Waals surface area contributed by atoms with Crippen molar-refractivity contribution in [3.05, 3.63) is 21.9 Å². The lowest BCUT2D eigenvalue weighted by Crippen LogP contribution is -2.46. The quantitative estimate of drug-likeness (QED) is 0.800. The monoisotopic (exact) mass is 213 g/mol. The van der Waals surface area contributed by atoms with Crippen LogP contribution >= 0.6 is 11.3 Å². The summed E-state index contributed by atoms with van der Waals surface area (Å²) in [6.45, 7) is 5.45. The van der Waals surface area contributed by atoms with Gasteiger partial charge in [-0.25, -0.2) is 0 Å². The van der Waals surface area contributed by atoms with Crippen molar-refractivity contribution in [2.24, 2.45) is 0 Å². The first-order chi connectivity index (χ1) is 6.44. The fraction of sp³-hybridized carbons (Fsp3) is 0.500. The average Bonchev–Trinajstić information content (AvgIpc) is 2.51. The van der Waals surface area contributed by atoms with Gasteiger partial charge in [-0.2, -0.15) is 0 Å². The van der Waals surface area contributed by atoms with Gasteiger partial charge in [0.15, 0.2) is 0 Å². The Morgan fingerprint density at radius 1 is 1.64 bits per heavy atom. The van der Waals surface area contributed by atoms with Gasteiger partial charge < -0.3 is 10.4 Å². The van der Waals surface area contributed by atoms with Crippen LogP contribution in [0.4, 0.5) is 0 Å². The number of nitrogens with one attached hydrogen (secondary N) is 1. The second-order valence-electron chi connectivity index (χ2n) is 3.94. The van der Waals surface area contributed by atoms with Gasteiger partial charge in [0.1, 0.15) is 0 Å². The first kappa shape index (κ1) is 11.2. The first-order valence-electron chi connectivity index (χ1n) is 4.43. The van der Waals surface area contributed by atoms with Crippen LogP contribution < -0.4 is 5.32 Å². The second kappa shape index (κ2) is 4.11. The standard InChI is InChI=1S/C10H15NO2S/c1-7-4-8(5-14-7)9(13)11-10(2,3)6-12/h4-5,12H,6H2,1-3H3,(H,11,13). The lowest BCUT2D eigenvalue weighted by molar-refractivity contribution is 0.0870. The second-order valence-corrected chi connectivity index (χ2v) is 5.06. The number of aliphatic hydroxyl groups excluding tert-OH is 1. The van der Waals surface area contributed by atoms with Gasteiger partial charge >= 0.3 is 0 Å². The number of carbonyl (C=O) groups is 1. The van der Waals surface area contributed by atoms with Crippen molar-refractivity contribution in [3.8, 4) is 0 Å². The van der Waals surface area contributed by atoms with E-state index in [4.69, 9.17) is 5.11 Å². The molecule has 1 rings (SSSR count). The molecule has 1 amide bonds. The highest BCUT2D eigenvalue weighted by molar-refractivity contribution is 7.10. The SMILES string of the molecule is Cc1cc(C(=O)NC(C)(C)CO)cs1. The third-order valence-electron chi connectivity index (χ3n) is 1.84. The van der Waals surface area contributed by atoms with Crippen LogP contribution in [-0.2, 0) is 0 Å². The van der Waals surface area contributed by atoms with Gasteiger partial charge in [0, 0.05) is 10.3 Å². The molecule has 78 valence electrons. The van der Waals surface area contributed by atoms with Crippen LogP contribution in [0.5, 0.6) is 0 Å². The van der Waals surface area contributed by atoms with Crippen LogP contribution in [0.2, 0.25) is 0 Å². The number of aryl methyl sites for hydroxylation is 1. The maximum atomic E-state index is 11.6. The van der Waals surface area contributed by atoms with E-state index in [-0.39, 0.29) is 12.5 Å². The minimum Gasteiger partial charge on any atom is -0.394 e. The summed E-state index contributed by atoms with van der Waals surface area (Å²) in [5, 5.41) is 13.6. The Bertz CT molecular complexity index is 331.